The summed E-state index contributed by atoms with van der Waals surface area (Å²) in [7, 11) is 1.56. The summed E-state index contributed by atoms with van der Waals surface area (Å²) in [4.78, 5) is 44.4. The fourth-order valence-electron chi connectivity index (χ4n) is 4.94. The summed E-state index contributed by atoms with van der Waals surface area (Å²) in [5.41, 5.74) is 4.46. The summed E-state index contributed by atoms with van der Waals surface area (Å²) in [6.45, 7) is 2.39. The molecule has 0 radical (unpaired) electrons. The Morgan fingerprint density at radius 2 is 1.94 bits per heavy atom. The van der Waals surface area contributed by atoms with Crippen LogP contribution in [-0.4, -0.2) is 60.0 Å². The van der Waals surface area contributed by atoms with E-state index in [1.54, 1.807) is 25.0 Å². The standard InChI is InChI=1S/C25H26N4O4/c1-14(23(30)26-11-12-33-2)27-24(31)20-13-18-15-7-5-6-10-19(15)28-21(18)22-16-8-3-4-9-17(16)25(32)29(20)22/h3-10,14,20,22,28H,11-13H2,1-2H3,(H,26,30)(H,27,31)/t14-,20-,22?/m0/s1. The number of carbonyl (C=O) groups is 3. The van der Waals surface area contributed by atoms with Crippen LogP contribution in [0.1, 0.15) is 40.1 Å². The van der Waals surface area contributed by atoms with E-state index < -0.39 is 12.1 Å². The van der Waals surface area contributed by atoms with Crippen LogP contribution >= 0.6 is 0 Å². The first-order valence-corrected chi connectivity index (χ1v) is 11.1. The molecule has 3 aromatic rings. The van der Waals surface area contributed by atoms with E-state index in [-0.39, 0.29) is 23.8 Å². The number of ether oxygens (including phenoxy) is 1. The molecule has 3 atom stereocenters. The van der Waals surface area contributed by atoms with E-state index in [0.717, 1.165) is 27.7 Å². The van der Waals surface area contributed by atoms with Gasteiger partial charge in [0.2, 0.25) is 11.8 Å². The van der Waals surface area contributed by atoms with Gasteiger partial charge in [-0.05, 0) is 30.2 Å². The largest absolute Gasteiger partial charge is 0.383 e. The molecule has 0 saturated heterocycles. The molecule has 0 aliphatic carbocycles. The van der Waals surface area contributed by atoms with Crippen LogP contribution in [0.3, 0.4) is 0 Å². The average Bonchev–Trinajstić information content (AvgIpc) is 3.34. The van der Waals surface area contributed by atoms with Gasteiger partial charge >= 0.3 is 0 Å². The molecule has 3 N–H and O–H groups in total. The van der Waals surface area contributed by atoms with E-state index in [1.165, 1.54) is 0 Å². The molecule has 0 saturated carbocycles. The van der Waals surface area contributed by atoms with Gasteiger partial charge in [0.25, 0.3) is 5.91 Å². The molecule has 2 aromatic carbocycles. The van der Waals surface area contributed by atoms with Crippen LogP contribution in [0.5, 0.6) is 0 Å². The second kappa shape index (κ2) is 8.37. The van der Waals surface area contributed by atoms with Gasteiger partial charge < -0.3 is 25.3 Å². The first kappa shape index (κ1) is 21.2. The number of nitrogens with one attached hydrogen (secondary N) is 3. The average molecular weight is 447 g/mol. The SMILES string of the molecule is COCCNC(=O)[C@H](C)NC(=O)[C@@H]1Cc2c([nH]c3ccccc23)C2c3ccccc3C(=O)N21. The topological polar surface area (TPSA) is 104 Å². The minimum absolute atomic E-state index is 0.169. The van der Waals surface area contributed by atoms with Gasteiger partial charge in [-0.3, -0.25) is 14.4 Å². The molecule has 8 heteroatoms. The van der Waals surface area contributed by atoms with E-state index in [2.05, 4.69) is 15.6 Å². The monoisotopic (exact) mass is 446 g/mol. The van der Waals surface area contributed by atoms with Crippen molar-refractivity contribution in [1.82, 2.24) is 20.5 Å². The molecule has 1 aromatic heterocycles. The summed E-state index contributed by atoms with van der Waals surface area (Å²) in [5, 5.41) is 6.59. The number of para-hydroxylation sites is 1. The number of methoxy groups -OCH3 is 1. The van der Waals surface area contributed by atoms with Crippen molar-refractivity contribution in [3.63, 3.8) is 0 Å². The van der Waals surface area contributed by atoms with Crippen molar-refractivity contribution in [2.24, 2.45) is 0 Å². The predicted molar refractivity (Wildman–Crippen MR) is 123 cm³/mol. The van der Waals surface area contributed by atoms with Crippen molar-refractivity contribution in [2.45, 2.75) is 31.5 Å². The Hall–Kier alpha value is -3.65. The molecule has 3 amide bonds. The molecule has 33 heavy (non-hydrogen) atoms. The highest BCUT2D eigenvalue weighted by molar-refractivity contribution is 6.04. The molecule has 1 unspecified atom stereocenters. The third-order valence-corrected chi connectivity index (χ3v) is 6.51. The number of aromatic amines is 1. The lowest BCUT2D eigenvalue weighted by Crippen LogP contribution is -2.56. The zero-order chi connectivity index (χ0) is 23.1. The lowest BCUT2D eigenvalue weighted by molar-refractivity contribution is -0.131. The van der Waals surface area contributed by atoms with Crippen molar-refractivity contribution < 1.29 is 19.1 Å². The Labute approximate surface area is 191 Å². The first-order valence-electron chi connectivity index (χ1n) is 11.1. The van der Waals surface area contributed by atoms with Crippen molar-refractivity contribution in [2.75, 3.05) is 20.3 Å². The number of hydrogen-bond donors (Lipinski definition) is 3. The van der Waals surface area contributed by atoms with Crippen LogP contribution < -0.4 is 10.6 Å². The quantitative estimate of drug-likeness (QED) is 0.503. The molecule has 0 fully saturated rings. The van der Waals surface area contributed by atoms with Crippen molar-refractivity contribution in [3.05, 3.63) is 70.9 Å². The Balaban J connectivity index is 1.50. The highest BCUT2D eigenvalue weighted by Gasteiger charge is 2.49. The fourth-order valence-corrected chi connectivity index (χ4v) is 4.94. The maximum absolute atomic E-state index is 13.4. The third-order valence-electron chi connectivity index (χ3n) is 6.51. The molecule has 5 rings (SSSR count). The number of benzene rings is 2. The molecule has 8 nitrogen and oxygen atoms in total. The number of rotatable bonds is 6. The van der Waals surface area contributed by atoms with Gasteiger partial charge in [-0.2, -0.15) is 0 Å². The molecule has 3 heterocycles. The third kappa shape index (κ3) is 3.47. The zero-order valence-electron chi connectivity index (χ0n) is 18.6. The predicted octanol–water partition coefficient (Wildman–Crippen LogP) is 1.91. The minimum Gasteiger partial charge on any atom is -0.383 e. The number of carbonyl (C=O) groups excluding carboxylic acids is 3. The Morgan fingerprint density at radius 3 is 2.76 bits per heavy atom. The van der Waals surface area contributed by atoms with Gasteiger partial charge in [0.1, 0.15) is 12.1 Å². The first-order chi connectivity index (χ1) is 16.0. The van der Waals surface area contributed by atoms with E-state index in [4.69, 9.17) is 4.74 Å². The fraction of sp³-hybridized carbons (Fsp3) is 0.320. The number of hydrogen-bond acceptors (Lipinski definition) is 4. The van der Waals surface area contributed by atoms with Gasteiger partial charge in [0, 0.05) is 42.2 Å². The molecule has 2 aliphatic heterocycles. The summed E-state index contributed by atoms with van der Waals surface area (Å²) >= 11 is 0. The van der Waals surface area contributed by atoms with Gasteiger partial charge in [-0.25, -0.2) is 0 Å². The number of fused-ring (bicyclic) bond motifs is 7. The van der Waals surface area contributed by atoms with Gasteiger partial charge in [0.15, 0.2) is 0 Å². The van der Waals surface area contributed by atoms with Gasteiger partial charge in [0.05, 0.1) is 12.6 Å². The van der Waals surface area contributed by atoms with Crippen LogP contribution in [-0.2, 0) is 20.7 Å². The zero-order valence-corrected chi connectivity index (χ0v) is 18.6. The van der Waals surface area contributed by atoms with Crippen LogP contribution in [0.25, 0.3) is 10.9 Å². The summed E-state index contributed by atoms with van der Waals surface area (Å²) < 4.78 is 4.95. The maximum atomic E-state index is 13.4. The lowest BCUT2D eigenvalue weighted by atomic mass is 9.90. The highest BCUT2D eigenvalue weighted by atomic mass is 16.5. The van der Waals surface area contributed by atoms with Crippen molar-refractivity contribution in [3.8, 4) is 0 Å². The molecule has 0 spiro atoms. The van der Waals surface area contributed by atoms with Gasteiger partial charge in [-0.1, -0.05) is 36.4 Å². The van der Waals surface area contributed by atoms with Gasteiger partial charge in [-0.15, -0.1) is 0 Å². The van der Waals surface area contributed by atoms with Crippen LogP contribution in [0.4, 0.5) is 0 Å². The number of amides is 3. The van der Waals surface area contributed by atoms with Crippen LogP contribution in [0, 0.1) is 0 Å². The highest BCUT2D eigenvalue weighted by Crippen LogP contribution is 2.46. The molecule has 2 aliphatic rings. The van der Waals surface area contributed by atoms with E-state index in [9.17, 15) is 14.4 Å². The Kier molecular flexibility index (Phi) is 5.38. The van der Waals surface area contributed by atoms with Crippen molar-refractivity contribution >= 4 is 28.6 Å². The Morgan fingerprint density at radius 1 is 1.18 bits per heavy atom. The summed E-state index contributed by atoms with van der Waals surface area (Å²) in [6, 6.07) is 13.6. The van der Waals surface area contributed by atoms with Crippen LogP contribution in [0.2, 0.25) is 0 Å². The van der Waals surface area contributed by atoms with E-state index in [1.807, 2.05) is 42.5 Å². The van der Waals surface area contributed by atoms with Crippen LogP contribution in [0.15, 0.2) is 48.5 Å². The van der Waals surface area contributed by atoms with E-state index in [0.29, 0.717) is 25.1 Å². The second-order valence-electron chi connectivity index (χ2n) is 8.50. The molecule has 170 valence electrons. The molecule has 0 bridgehead atoms. The molecular weight excluding hydrogens is 420 g/mol. The summed E-state index contributed by atoms with van der Waals surface area (Å²) in [5.74, 6) is -0.805. The lowest BCUT2D eigenvalue weighted by Gasteiger charge is -2.37. The maximum Gasteiger partial charge on any atom is 0.255 e. The second-order valence-corrected chi connectivity index (χ2v) is 8.50. The smallest absolute Gasteiger partial charge is 0.255 e. The Bertz CT molecular complexity index is 1250. The summed E-state index contributed by atoms with van der Waals surface area (Å²) in [6.07, 6.45) is 0.374. The van der Waals surface area contributed by atoms with Crippen molar-refractivity contribution in [1.29, 1.82) is 0 Å². The number of aromatic nitrogens is 1. The van der Waals surface area contributed by atoms with E-state index >= 15 is 0 Å². The molecular formula is C25H26N4O4. The normalized spacial score (nSPS) is 19.6. The number of nitrogens with zero attached hydrogens (tertiary/aromatic N) is 1. The number of H-pyrrole nitrogens is 1. The minimum atomic E-state index is -0.739.